The Labute approximate surface area is 243 Å². The monoisotopic (exact) mass is 583 g/mol. The SMILES string of the molecule is CCCNC(=O)[C@H](Cc1ccccc1)N(Cc1ccccc1)C(=O)CCCN(c1cccc(Cl)c1C)S(C)(=O)=O. The maximum Gasteiger partial charge on any atom is 0.243 e. The molecule has 1 atom stereocenters. The minimum absolute atomic E-state index is 0.0742. The normalized spacial score (nSPS) is 12.0. The molecule has 0 aliphatic heterocycles. The Morgan fingerprint density at radius 2 is 1.55 bits per heavy atom. The fourth-order valence-electron chi connectivity index (χ4n) is 4.55. The highest BCUT2D eigenvalue weighted by atomic mass is 35.5. The van der Waals surface area contributed by atoms with E-state index in [4.69, 9.17) is 11.6 Å². The van der Waals surface area contributed by atoms with Gasteiger partial charge in [-0.25, -0.2) is 8.42 Å². The summed E-state index contributed by atoms with van der Waals surface area (Å²) >= 11 is 6.26. The van der Waals surface area contributed by atoms with Gasteiger partial charge in [0.1, 0.15) is 6.04 Å². The molecule has 7 nitrogen and oxygen atoms in total. The van der Waals surface area contributed by atoms with Crippen molar-refractivity contribution in [2.75, 3.05) is 23.7 Å². The topological polar surface area (TPSA) is 86.8 Å². The summed E-state index contributed by atoms with van der Waals surface area (Å²) in [5.41, 5.74) is 3.00. The van der Waals surface area contributed by atoms with Crippen molar-refractivity contribution in [1.82, 2.24) is 10.2 Å². The van der Waals surface area contributed by atoms with Gasteiger partial charge in [0.05, 0.1) is 11.9 Å². The van der Waals surface area contributed by atoms with Gasteiger partial charge >= 0.3 is 0 Å². The van der Waals surface area contributed by atoms with Crippen molar-refractivity contribution < 1.29 is 18.0 Å². The first-order valence-electron chi connectivity index (χ1n) is 13.5. The largest absolute Gasteiger partial charge is 0.354 e. The fraction of sp³-hybridized carbons (Fsp3) is 0.355. The van der Waals surface area contributed by atoms with Gasteiger partial charge in [0.25, 0.3) is 0 Å². The molecule has 0 heterocycles. The van der Waals surface area contributed by atoms with Crippen LogP contribution in [0.5, 0.6) is 0 Å². The van der Waals surface area contributed by atoms with E-state index in [1.807, 2.05) is 67.6 Å². The Morgan fingerprint density at radius 1 is 0.925 bits per heavy atom. The Hall–Kier alpha value is -3.36. The van der Waals surface area contributed by atoms with E-state index in [1.54, 1.807) is 30.0 Å². The molecule has 3 aromatic carbocycles. The van der Waals surface area contributed by atoms with Crippen molar-refractivity contribution in [3.05, 3.63) is 101 Å². The highest BCUT2D eigenvalue weighted by Gasteiger charge is 2.30. The number of rotatable bonds is 14. The Bertz CT molecular complexity index is 1370. The fourth-order valence-corrected chi connectivity index (χ4v) is 5.73. The number of hydrogen-bond donors (Lipinski definition) is 1. The zero-order chi connectivity index (χ0) is 29.1. The van der Waals surface area contributed by atoms with Gasteiger partial charge in [-0.3, -0.25) is 13.9 Å². The molecule has 1 N–H and O–H groups in total. The minimum Gasteiger partial charge on any atom is -0.354 e. The molecule has 3 rings (SSSR count). The second-order valence-electron chi connectivity index (χ2n) is 9.83. The number of sulfonamides is 1. The third-order valence-corrected chi connectivity index (χ3v) is 8.27. The van der Waals surface area contributed by atoms with E-state index in [1.165, 1.54) is 4.31 Å². The van der Waals surface area contributed by atoms with Crippen LogP contribution in [0.2, 0.25) is 5.02 Å². The van der Waals surface area contributed by atoms with Gasteiger partial charge in [0, 0.05) is 37.5 Å². The number of nitrogens with one attached hydrogen (secondary N) is 1. The molecule has 0 aliphatic rings. The molecule has 0 saturated heterocycles. The lowest BCUT2D eigenvalue weighted by Gasteiger charge is -2.32. The highest BCUT2D eigenvalue weighted by Crippen LogP contribution is 2.28. The summed E-state index contributed by atoms with van der Waals surface area (Å²) in [6.07, 6.45) is 2.64. The number of carbonyl (C=O) groups excluding carboxylic acids is 2. The molecule has 0 unspecified atom stereocenters. The van der Waals surface area contributed by atoms with Gasteiger partial charge in [-0.15, -0.1) is 0 Å². The average molecular weight is 584 g/mol. The average Bonchev–Trinajstić information content (AvgIpc) is 2.94. The van der Waals surface area contributed by atoms with E-state index in [2.05, 4.69) is 5.32 Å². The number of carbonyl (C=O) groups is 2. The second-order valence-corrected chi connectivity index (χ2v) is 12.1. The molecule has 0 spiro atoms. The van der Waals surface area contributed by atoms with Gasteiger partial charge in [0.15, 0.2) is 0 Å². The summed E-state index contributed by atoms with van der Waals surface area (Å²) in [7, 11) is -3.62. The van der Waals surface area contributed by atoms with Crippen molar-refractivity contribution in [2.45, 2.75) is 52.1 Å². The maximum atomic E-state index is 13.8. The maximum absolute atomic E-state index is 13.8. The van der Waals surface area contributed by atoms with Crippen LogP contribution in [0.3, 0.4) is 0 Å². The molecule has 0 fully saturated rings. The quantitative estimate of drug-likeness (QED) is 0.277. The highest BCUT2D eigenvalue weighted by molar-refractivity contribution is 7.92. The predicted octanol–water partition coefficient (Wildman–Crippen LogP) is 5.36. The minimum atomic E-state index is -3.62. The number of benzene rings is 3. The number of anilines is 1. The Balaban J connectivity index is 1.86. The number of amides is 2. The number of halogens is 1. The summed E-state index contributed by atoms with van der Waals surface area (Å²) in [6.45, 7) is 4.64. The van der Waals surface area contributed by atoms with Gasteiger partial charge in [-0.05, 0) is 48.6 Å². The third kappa shape index (κ3) is 8.83. The van der Waals surface area contributed by atoms with E-state index in [0.29, 0.717) is 29.2 Å². The first-order chi connectivity index (χ1) is 19.1. The van der Waals surface area contributed by atoms with Crippen LogP contribution in [0.25, 0.3) is 0 Å². The molecule has 0 aliphatic carbocycles. The molecule has 0 aromatic heterocycles. The van der Waals surface area contributed by atoms with Crippen LogP contribution in [-0.2, 0) is 32.6 Å². The van der Waals surface area contributed by atoms with Gasteiger partial charge in [-0.2, -0.15) is 0 Å². The molecule has 0 saturated carbocycles. The Kier molecular flexibility index (Phi) is 11.6. The van der Waals surface area contributed by atoms with Crippen molar-refractivity contribution >= 4 is 39.1 Å². The Morgan fingerprint density at radius 3 is 2.15 bits per heavy atom. The molecule has 0 radical (unpaired) electrons. The summed E-state index contributed by atoms with van der Waals surface area (Å²) in [5, 5.41) is 3.44. The van der Waals surface area contributed by atoms with Crippen LogP contribution < -0.4 is 9.62 Å². The molecular weight excluding hydrogens is 546 g/mol. The second kappa shape index (κ2) is 14.9. The summed E-state index contributed by atoms with van der Waals surface area (Å²) < 4.78 is 26.7. The van der Waals surface area contributed by atoms with E-state index in [0.717, 1.165) is 23.8 Å². The molecule has 3 aromatic rings. The predicted molar refractivity (Wildman–Crippen MR) is 162 cm³/mol. The first kappa shape index (κ1) is 31.2. The van der Waals surface area contributed by atoms with E-state index >= 15 is 0 Å². The van der Waals surface area contributed by atoms with Crippen LogP contribution in [0.1, 0.15) is 42.9 Å². The lowest BCUT2D eigenvalue weighted by Crippen LogP contribution is -2.50. The van der Waals surface area contributed by atoms with Crippen molar-refractivity contribution in [3.8, 4) is 0 Å². The third-order valence-electron chi connectivity index (χ3n) is 6.68. The van der Waals surface area contributed by atoms with Crippen LogP contribution in [0, 0.1) is 6.92 Å². The first-order valence-corrected chi connectivity index (χ1v) is 15.7. The van der Waals surface area contributed by atoms with Gasteiger partial charge in [-0.1, -0.05) is 85.3 Å². The van der Waals surface area contributed by atoms with Crippen molar-refractivity contribution in [1.29, 1.82) is 0 Å². The summed E-state index contributed by atoms with van der Waals surface area (Å²) in [5.74, 6) is -0.421. The van der Waals surface area contributed by atoms with Crippen LogP contribution in [0.15, 0.2) is 78.9 Å². The molecular formula is C31H38ClN3O4S. The van der Waals surface area contributed by atoms with Crippen molar-refractivity contribution in [2.24, 2.45) is 0 Å². The standard InChI is InChI=1S/C31H38ClN3O4S/c1-4-20-33-31(37)29(22-25-13-7-5-8-14-25)34(23-26-15-9-6-10-16-26)30(36)19-12-21-35(40(3,38)39)28-18-11-17-27(32)24(28)2/h5-11,13-18,29H,4,12,19-23H2,1-3H3,(H,33,37)/t29-/m0/s1. The van der Waals surface area contributed by atoms with Gasteiger partial charge < -0.3 is 10.2 Å². The zero-order valence-corrected chi connectivity index (χ0v) is 24.9. The smallest absolute Gasteiger partial charge is 0.243 e. The molecule has 214 valence electrons. The number of nitrogens with zero attached hydrogens (tertiary/aromatic N) is 2. The molecule has 0 bridgehead atoms. The van der Waals surface area contributed by atoms with E-state index in [-0.39, 0.29) is 37.7 Å². The van der Waals surface area contributed by atoms with Crippen LogP contribution in [-0.4, -0.2) is 50.5 Å². The lowest BCUT2D eigenvalue weighted by atomic mass is 10.0. The summed E-state index contributed by atoms with van der Waals surface area (Å²) in [4.78, 5) is 28.8. The van der Waals surface area contributed by atoms with Crippen LogP contribution >= 0.6 is 11.6 Å². The molecule has 2 amide bonds. The zero-order valence-electron chi connectivity index (χ0n) is 23.3. The van der Waals surface area contributed by atoms with Gasteiger partial charge in [0.2, 0.25) is 21.8 Å². The van der Waals surface area contributed by atoms with E-state index in [9.17, 15) is 18.0 Å². The van der Waals surface area contributed by atoms with E-state index < -0.39 is 16.1 Å². The summed E-state index contributed by atoms with van der Waals surface area (Å²) in [6, 6.07) is 23.6. The number of hydrogen-bond acceptors (Lipinski definition) is 4. The molecule has 40 heavy (non-hydrogen) atoms. The van der Waals surface area contributed by atoms with Crippen LogP contribution in [0.4, 0.5) is 5.69 Å². The molecule has 9 heteroatoms. The van der Waals surface area contributed by atoms with Crippen molar-refractivity contribution in [3.63, 3.8) is 0 Å². The lowest BCUT2D eigenvalue weighted by molar-refractivity contribution is -0.141.